The molecule has 1 aliphatic heterocycles. The molecule has 7 nitrogen and oxygen atoms in total. The molecular formula is C20H32N4O3S2. The van der Waals surface area contributed by atoms with Gasteiger partial charge in [0.2, 0.25) is 16.9 Å². The van der Waals surface area contributed by atoms with Gasteiger partial charge in [-0.25, -0.2) is 0 Å². The summed E-state index contributed by atoms with van der Waals surface area (Å²) in [5.74, 6) is 1.18. The van der Waals surface area contributed by atoms with E-state index in [0.717, 1.165) is 51.0 Å². The number of rotatable bonds is 10. The molecule has 2 heterocycles. The van der Waals surface area contributed by atoms with Gasteiger partial charge in [0.15, 0.2) is 4.34 Å². The topological polar surface area (TPSA) is 93.2 Å². The molecule has 162 valence electrons. The van der Waals surface area contributed by atoms with Crippen LogP contribution in [0.15, 0.2) is 4.34 Å². The minimum absolute atomic E-state index is 0.0360. The Hall–Kier alpha value is -1.19. The lowest BCUT2D eigenvalue weighted by Gasteiger charge is -2.27. The summed E-state index contributed by atoms with van der Waals surface area (Å²) in [5, 5.41) is 14.5. The molecule has 1 aliphatic carbocycles. The van der Waals surface area contributed by atoms with Crippen molar-refractivity contribution in [2.24, 2.45) is 11.8 Å². The molecule has 3 rings (SSSR count). The maximum Gasteiger partial charge on any atom is 0.230 e. The molecule has 0 aromatic carbocycles. The first-order chi connectivity index (χ1) is 14.1. The Morgan fingerprint density at radius 2 is 2.03 bits per heavy atom. The van der Waals surface area contributed by atoms with Gasteiger partial charge in [0, 0.05) is 19.1 Å². The molecule has 0 spiro atoms. The minimum Gasteiger partial charge on any atom is -0.376 e. The highest BCUT2D eigenvalue weighted by Gasteiger charge is 2.26. The number of anilines is 1. The summed E-state index contributed by atoms with van der Waals surface area (Å²) < 4.78 is 6.19. The SMILES string of the molecule is CCCCC1CCC(C(=O)Nc2nnc(SCC(=O)NC[C@H]3CCCO3)s2)CC1. The van der Waals surface area contributed by atoms with Crippen molar-refractivity contribution in [3.8, 4) is 0 Å². The van der Waals surface area contributed by atoms with Gasteiger partial charge < -0.3 is 15.4 Å². The molecule has 2 amide bonds. The molecule has 1 aromatic rings. The van der Waals surface area contributed by atoms with Crippen LogP contribution in [0.2, 0.25) is 0 Å². The van der Waals surface area contributed by atoms with Crippen molar-refractivity contribution in [3.63, 3.8) is 0 Å². The Kier molecular flexibility index (Phi) is 9.20. The zero-order valence-corrected chi connectivity index (χ0v) is 18.8. The molecule has 1 saturated heterocycles. The molecule has 0 radical (unpaired) electrons. The fraction of sp³-hybridized carbons (Fsp3) is 0.800. The van der Waals surface area contributed by atoms with Gasteiger partial charge in [-0.2, -0.15) is 0 Å². The predicted octanol–water partition coefficient (Wildman–Crippen LogP) is 3.86. The monoisotopic (exact) mass is 440 g/mol. The maximum atomic E-state index is 12.5. The van der Waals surface area contributed by atoms with E-state index < -0.39 is 0 Å². The van der Waals surface area contributed by atoms with Crippen LogP contribution in [0.1, 0.15) is 64.7 Å². The number of ether oxygens (including phenoxy) is 1. The third-order valence-electron chi connectivity index (χ3n) is 5.70. The standard InChI is InChI=1S/C20H32N4O3S2/c1-2-3-5-14-7-9-15(10-8-14)18(26)22-19-23-24-20(29-19)28-13-17(25)21-12-16-6-4-11-27-16/h14-16H,2-13H2,1H3,(H,21,25)(H,22,23,26)/t14?,15?,16-/m1/s1. The molecule has 0 bridgehead atoms. The molecule has 2 N–H and O–H groups in total. The first-order valence-corrected chi connectivity index (χ1v) is 12.6. The molecule has 2 fully saturated rings. The Morgan fingerprint density at radius 1 is 1.21 bits per heavy atom. The molecule has 1 atom stereocenters. The number of hydrogen-bond acceptors (Lipinski definition) is 7. The summed E-state index contributed by atoms with van der Waals surface area (Å²) in [6.45, 7) is 3.58. The Bertz CT molecular complexity index is 656. The number of hydrogen-bond donors (Lipinski definition) is 2. The summed E-state index contributed by atoms with van der Waals surface area (Å²) in [5.41, 5.74) is 0. The summed E-state index contributed by atoms with van der Waals surface area (Å²) in [7, 11) is 0. The number of nitrogens with zero attached hydrogens (tertiary/aromatic N) is 2. The fourth-order valence-corrected chi connectivity index (χ4v) is 5.53. The average molecular weight is 441 g/mol. The van der Waals surface area contributed by atoms with E-state index in [4.69, 9.17) is 4.74 Å². The highest BCUT2D eigenvalue weighted by molar-refractivity contribution is 8.01. The fourth-order valence-electron chi connectivity index (χ4n) is 3.94. The summed E-state index contributed by atoms with van der Waals surface area (Å²) in [6.07, 6.45) is 10.3. The molecule has 0 unspecified atom stereocenters. The van der Waals surface area contributed by atoms with Crippen molar-refractivity contribution in [3.05, 3.63) is 0 Å². The van der Waals surface area contributed by atoms with Gasteiger partial charge in [-0.05, 0) is 44.4 Å². The number of carbonyl (C=O) groups is 2. The van der Waals surface area contributed by atoms with Gasteiger partial charge in [0.1, 0.15) is 0 Å². The molecular weight excluding hydrogens is 408 g/mol. The normalized spacial score (nSPS) is 24.4. The number of amides is 2. The van der Waals surface area contributed by atoms with Crippen LogP contribution in [0, 0.1) is 11.8 Å². The molecule has 9 heteroatoms. The average Bonchev–Trinajstić information content (AvgIpc) is 3.41. The smallest absolute Gasteiger partial charge is 0.230 e. The highest BCUT2D eigenvalue weighted by Crippen LogP contribution is 2.33. The van der Waals surface area contributed by atoms with Gasteiger partial charge in [0.25, 0.3) is 0 Å². The van der Waals surface area contributed by atoms with Crippen molar-refractivity contribution < 1.29 is 14.3 Å². The Morgan fingerprint density at radius 3 is 2.76 bits per heavy atom. The van der Waals surface area contributed by atoms with Gasteiger partial charge in [-0.1, -0.05) is 49.3 Å². The Labute approximate surface area is 181 Å². The lowest BCUT2D eigenvalue weighted by Crippen LogP contribution is -2.32. The van der Waals surface area contributed by atoms with Crippen molar-refractivity contribution >= 4 is 40.0 Å². The van der Waals surface area contributed by atoms with E-state index in [2.05, 4.69) is 27.8 Å². The predicted molar refractivity (Wildman–Crippen MR) is 116 cm³/mol. The first-order valence-electron chi connectivity index (χ1n) is 10.8. The summed E-state index contributed by atoms with van der Waals surface area (Å²) in [4.78, 5) is 24.5. The highest BCUT2D eigenvalue weighted by atomic mass is 32.2. The van der Waals surface area contributed by atoms with Gasteiger partial charge in [0.05, 0.1) is 11.9 Å². The van der Waals surface area contributed by atoms with E-state index in [1.807, 2.05) is 0 Å². The maximum absolute atomic E-state index is 12.5. The van der Waals surface area contributed by atoms with Crippen LogP contribution in [0.5, 0.6) is 0 Å². The first kappa shape index (κ1) is 22.5. The third-order valence-corrected chi connectivity index (χ3v) is 7.67. The lowest BCUT2D eigenvalue weighted by atomic mass is 9.79. The van der Waals surface area contributed by atoms with Crippen molar-refractivity contribution in [1.29, 1.82) is 0 Å². The second-order valence-corrected chi connectivity index (χ2v) is 10.2. The van der Waals surface area contributed by atoms with Crippen LogP contribution < -0.4 is 10.6 Å². The van der Waals surface area contributed by atoms with Crippen LogP contribution in [-0.2, 0) is 14.3 Å². The zero-order valence-electron chi connectivity index (χ0n) is 17.2. The van der Waals surface area contributed by atoms with Gasteiger partial charge in [-0.15, -0.1) is 10.2 Å². The van der Waals surface area contributed by atoms with Crippen LogP contribution >= 0.6 is 23.1 Å². The van der Waals surface area contributed by atoms with Crippen LogP contribution in [-0.4, -0.2) is 47.0 Å². The number of thioether (sulfide) groups is 1. The number of nitrogens with one attached hydrogen (secondary N) is 2. The molecule has 1 saturated carbocycles. The quantitative estimate of drug-likeness (QED) is 0.424. The number of unbranched alkanes of at least 4 members (excludes halogenated alkanes) is 1. The zero-order chi connectivity index (χ0) is 20.5. The van der Waals surface area contributed by atoms with E-state index in [-0.39, 0.29) is 29.6 Å². The van der Waals surface area contributed by atoms with E-state index in [1.165, 1.54) is 42.4 Å². The second kappa shape index (κ2) is 11.9. The lowest BCUT2D eigenvalue weighted by molar-refractivity contribution is -0.121. The van der Waals surface area contributed by atoms with Crippen molar-refractivity contribution in [1.82, 2.24) is 15.5 Å². The van der Waals surface area contributed by atoms with Gasteiger partial charge in [-0.3, -0.25) is 9.59 Å². The largest absolute Gasteiger partial charge is 0.376 e. The molecule has 2 aliphatic rings. The van der Waals surface area contributed by atoms with Crippen LogP contribution in [0.4, 0.5) is 5.13 Å². The second-order valence-electron chi connectivity index (χ2n) is 7.95. The summed E-state index contributed by atoms with van der Waals surface area (Å²) in [6, 6.07) is 0. The van der Waals surface area contributed by atoms with E-state index in [9.17, 15) is 9.59 Å². The van der Waals surface area contributed by atoms with Gasteiger partial charge >= 0.3 is 0 Å². The number of aromatic nitrogens is 2. The van der Waals surface area contributed by atoms with Crippen molar-refractivity contribution in [2.75, 3.05) is 24.2 Å². The third kappa shape index (κ3) is 7.53. The minimum atomic E-state index is -0.0360. The number of carbonyl (C=O) groups excluding carboxylic acids is 2. The van der Waals surface area contributed by atoms with Crippen molar-refractivity contribution in [2.45, 2.75) is 75.2 Å². The molecule has 1 aromatic heterocycles. The van der Waals surface area contributed by atoms with Crippen LogP contribution in [0.25, 0.3) is 0 Å². The summed E-state index contributed by atoms with van der Waals surface area (Å²) >= 11 is 2.67. The Balaban J connectivity index is 1.34. The van der Waals surface area contributed by atoms with Crippen LogP contribution in [0.3, 0.4) is 0 Å². The van der Waals surface area contributed by atoms with E-state index in [0.29, 0.717) is 16.0 Å². The van der Waals surface area contributed by atoms with E-state index in [1.54, 1.807) is 0 Å². The molecule has 29 heavy (non-hydrogen) atoms. The van der Waals surface area contributed by atoms with E-state index >= 15 is 0 Å².